The largest absolute Gasteiger partial charge is 0.388 e. The van der Waals surface area contributed by atoms with Gasteiger partial charge in [0.1, 0.15) is 0 Å². The normalized spacial score (nSPS) is 32.4. The second-order valence-electron chi connectivity index (χ2n) is 11.4. The van der Waals surface area contributed by atoms with E-state index < -0.39 is 15.6 Å². The number of piperidine rings is 1. The van der Waals surface area contributed by atoms with Gasteiger partial charge in [-0.3, -0.25) is 9.62 Å². The van der Waals surface area contributed by atoms with Crippen molar-refractivity contribution in [1.82, 2.24) is 4.90 Å². The van der Waals surface area contributed by atoms with Crippen LogP contribution in [0.1, 0.15) is 42.4 Å². The number of aliphatic hydroxyl groups is 1. The summed E-state index contributed by atoms with van der Waals surface area (Å²) in [6.07, 6.45) is 5.63. The summed E-state index contributed by atoms with van der Waals surface area (Å²) in [5.74, 6) is 1.96. The third-order valence-electron chi connectivity index (χ3n) is 9.03. The topological polar surface area (TPSA) is 69.6 Å². The van der Waals surface area contributed by atoms with Crippen molar-refractivity contribution in [1.29, 1.82) is 0 Å². The molecule has 0 bridgehead atoms. The zero-order valence-corrected chi connectivity index (χ0v) is 19.7. The van der Waals surface area contributed by atoms with Gasteiger partial charge >= 0.3 is 0 Å². The molecule has 4 aliphatic carbocycles. The molecule has 0 aromatic heterocycles. The predicted molar refractivity (Wildman–Crippen MR) is 129 cm³/mol. The van der Waals surface area contributed by atoms with Gasteiger partial charge in [0, 0.05) is 43.6 Å². The first-order valence-electron chi connectivity index (χ1n) is 12.5. The highest BCUT2D eigenvalue weighted by atomic mass is 32.2. The minimum atomic E-state index is -3.24. The molecule has 4 fully saturated rings. The first kappa shape index (κ1) is 20.5. The highest BCUT2D eigenvalue weighted by Crippen LogP contribution is 2.72. The fourth-order valence-corrected chi connectivity index (χ4v) is 8.77. The maximum absolute atomic E-state index is 12.5. The van der Waals surface area contributed by atoms with Crippen molar-refractivity contribution in [2.75, 3.05) is 24.4 Å². The molecule has 2 aromatic carbocycles. The Kier molecular flexibility index (Phi) is 4.24. The smallest absolute Gasteiger partial charge is 0.235 e. The lowest BCUT2D eigenvalue weighted by atomic mass is 9.84. The van der Waals surface area contributed by atoms with Gasteiger partial charge in [0.05, 0.1) is 10.9 Å². The minimum absolute atomic E-state index is 0.207. The standard InChI is InChI=1S/C27H32N2O3S/c30-26(13-18-4-1-2-5-19(18)14-26)17-29-15-24-25(16-29)27(24,20-8-9-20)21-6-3-7-22(12-21)28-33(31,32)23-10-11-23/h1-7,12,20,23-25,28,30H,8-11,13-17H2. The van der Waals surface area contributed by atoms with E-state index in [1.54, 1.807) is 0 Å². The highest BCUT2D eigenvalue weighted by Gasteiger charge is 2.73. The molecule has 2 N–H and O–H groups in total. The van der Waals surface area contributed by atoms with Crippen molar-refractivity contribution in [3.63, 3.8) is 0 Å². The summed E-state index contributed by atoms with van der Waals surface area (Å²) in [6, 6.07) is 16.7. The van der Waals surface area contributed by atoms with E-state index in [1.165, 1.54) is 29.5 Å². The Hall–Kier alpha value is -1.89. The second kappa shape index (κ2) is 6.83. The molecular formula is C27H32N2O3S. The average molecular weight is 465 g/mol. The molecule has 0 spiro atoms. The molecular weight excluding hydrogens is 432 g/mol. The van der Waals surface area contributed by atoms with Crippen LogP contribution in [0.3, 0.4) is 0 Å². The molecule has 2 aromatic rings. The van der Waals surface area contributed by atoms with Gasteiger partial charge < -0.3 is 5.11 Å². The molecule has 5 nitrogen and oxygen atoms in total. The lowest BCUT2D eigenvalue weighted by molar-refractivity contribution is 0.0136. The van der Waals surface area contributed by atoms with Crippen LogP contribution < -0.4 is 4.72 Å². The third-order valence-corrected chi connectivity index (χ3v) is 10.9. The Bertz CT molecular complexity index is 1180. The summed E-state index contributed by atoms with van der Waals surface area (Å²) in [5, 5.41) is 11.1. The molecule has 1 saturated heterocycles. The lowest BCUT2D eigenvalue weighted by Gasteiger charge is -2.33. The summed E-state index contributed by atoms with van der Waals surface area (Å²) in [6.45, 7) is 2.83. The maximum atomic E-state index is 12.5. The molecule has 2 atom stereocenters. The van der Waals surface area contributed by atoms with Gasteiger partial charge in [0.25, 0.3) is 0 Å². The second-order valence-corrected chi connectivity index (χ2v) is 13.3. The van der Waals surface area contributed by atoms with Crippen LogP contribution in [0, 0.1) is 17.8 Å². The van der Waals surface area contributed by atoms with Crippen LogP contribution in [0.5, 0.6) is 0 Å². The fraction of sp³-hybridized carbons (Fsp3) is 0.556. The number of β-amino-alcohol motifs (C(OH)–C–C–N with tert-alkyl or cyclic N) is 1. The summed E-state index contributed by atoms with van der Waals surface area (Å²) in [5.41, 5.74) is 4.19. The predicted octanol–water partition coefficient (Wildman–Crippen LogP) is 3.33. The summed E-state index contributed by atoms with van der Waals surface area (Å²) in [4.78, 5) is 2.49. The molecule has 2 unspecified atom stereocenters. The van der Waals surface area contributed by atoms with Crippen LogP contribution in [0.25, 0.3) is 0 Å². The van der Waals surface area contributed by atoms with Crippen molar-refractivity contribution >= 4 is 15.7 Å². The zero-order valence-electron chi connectivity index (χ0n) is 18.9. The first-order valence-corrected chi connectivity index (χ1v) is 14.1. The summed E-state index contributed by atoms with van der Waals surface area (Å²) in [7, 11) is -3.24. The third kappa shape index (κ3) is 3.28. The number of fused-ring (bicyclic) bond motifs is 2. The van der Waals surface area contributed by atoms with Crippen molar-refractivity contribution in [2.24, 2.45) is 17.8 Å². The zero-order chi connectivity index (χ0) is 22.4. The van der Waals surface area contributed by atoms with Gasteiger partial charge in [-0.2, -0.15) is 0 Å². The molecule has 0 amide bonds. The molecule has 174 valence electrons. The van der Waals surface area contributed by atoms with E-state index in [0.29, 0.717) is 11.8 Å². The Morgan fingerprint density at radius 1 is 0.939 bits per heavy atom. The quantitative estimate of drug-likeness (QED) is 0.660. The molecule has 1 aliphatic heterocycles. The molecule has 3 saturated carbocycles. The monoisotopic (exact) mass is 464 g/mol. The number of nitrogens with one attached hydrogen (secondary N) is 1. The molecule has 1 heterocycles. The maximum Gasteiger partial charge on any atom is 0.235 e. The number of anilines is 1. The van der Waals surface area contributed by atoms with E-state index in [-0.39, 0.29) is 10.7 Å². The van der Waals surface area contributed by atoms with E-state index in [9.17, 15) is 13.5 Å². The van der Waals surface area contributed by atoms with Crippen molar-refractivity contribution < 1.29 is 13.5 Å². The van der Waals surface area contributed by atoms with Crippen LogP contribution in [0.2, 0.25) is 0 Å². The Morgan fingerprint density at radius 3 is 2.21 bits per heavy atom. The van der Waals surface area contributed by atoms with Crippen molar-refractivity contribution in [3.05, 3.63) is 65.2 Å². The van der Waals surface area contributed by atoms with E-state index in [4.69, 9.17) is 0 Å². The van der Waals surface area contributed by atoms with Crippen LogP contribution in [0.15, 0.2) is 48.5 Å². The lowest BCUT2D eigenvalue weighted by Crippen LogP contribution is -2.45. The highest BCUT2D eigenvalue weighted by molar-refractivity contribution is 7.93. The number of hydrogen-bond donors (Lipinski definition) is 2. The van der Waals surface area contributed by atoms with Crippen molar-refractivity contribution in [3.8, 4) is 0 Å². The van der Waals surface area contributed by atoms with Crippen LogP contribution >= 0.6 is 0 Å². The number of nitrogens with zero attached hydrogens (tertiary/aromatic N) is 1. The van der Waals surface area contributed by atoms with Gasteiger partial charge in [-0.1, -0.05) is 36.4 Å². The number of hydrogen-bond acceptors (Lipinski definition) is 4. The average Bonchev–Trinajstić information content (AvgIpc) is 3.67. The Morgan fingerprint density at radius 2 is 1.61 bits per heavy atom. The van der Waals surface area contributed by atoms with Crippen LogP contribution in [0.4, 0.5) is 5.69 Å². The minimum Gasteiger partial charge on any atom is -0.388 e. The van der Waals surface area contributed by atoms with Gasteiger partial charge in [-0.25, -0.2) is 8.42 Å². The SMILES string of the molecule is O=S(=O)(Nc1cccc(C2(C3CC3)C3CN(CC4(O)Cc5ccccc5C4)CC32)c1)C1CC1. The van der Waals surface area contributed by atoms with Gasteiger partial charge in [-0.15, -0.1) is 0 Å². The van der Waals surface area contributed by atoms with Crippen LogP contribution in [-0.4, -0.2) is 48.9 Å². The number of likely N-dealkylation sites (tertiary alicyclic amines) is 1. The van der Waals surface area contributed by atoms with E-state index >= 15 is 0 Å². The van der Waals surface area contributed by atoms with Crippen molar-refractivity contribution in [2.45, 2.75) is 54.8 Å². The fourth-order valence-electron chi connectivity index (χ4n) is 7.39. The van der Waals surface area contributed by atoms with E-state index in [2.05, 4.69) is 46.0 Å². The first-order chi connectivity index (χ1) is 15.9. The summed E-state index contributed by atoms with van der Waals surface area (Å²) >= 11 is 0. The Labute approximate surface area is 196 Å². The molecule has 5 aliphatic rings. The number of rotatable bonds is 7. The van der Waals surface area contributed by atoms with Gasteiger partial charge in [-0.05, 0) is 72.3 Å². The molecule has 0 radical (unpaired) electrons. The Balaban J connectivity index is 1.08. The number of sulfonamides is 1. The summed E-state index contributed by atoms with van der Waals surface area (Å²) < 4.78 is 27.8. The van der Waals surface area contributed by atoms with E-state index in [0.717, 1.165) is 56.9 Å². The molecule has 6 heteroatoms. The number of benzene rings is 2. The van der Waals surface area contributed by atoms with Crippen LogP contribution in [-0.2, 0) is 28.3 Å². The van der Waals surface area contributed by atoms with E-state index in [1.807, 2.05) is 12.1 Å². The van der Waals surface area contributed by atoms with Gasteiger partial charge in [0.15, 0.2) is 0 Å². The van der Waals surface area contributed by atoms with Gasteiger partial charge in [0.2, 0.25) is 10.0 Å². The molecule has 7 rings (SSSR count). The molecule has 33 heavy (non-hydrogen) atoms.